The van der Waals surface area contributed by atoms with E-state index < -0.39 is 4.83 Å². The number of halogens is 1. The average Bonchev–Trinajstić information content (AvgIpc) is 2.18. The maximum absolute atomic E-state index is 11.3. The normalized spacial score (nSPS) is 12.1. The molecule has 0 radical (unpaired) electrons. The summed E-state index contributed by atoms with van der Waals surface area (Å²) in [4.78, 5) is 10.9. The van der Waals surface area contributed by atoms with Crippen molar-refractivity contribution in [2.75, 3.05) is 12.3 Å². The summed E-state index contributed by atoms with van der Waals surface area (Å²) in [7, 11) is 0. The third kappa shape index (κ3) is 2.73. The molecule has 0 heterocycles. The first-order chi connectivity index (χ1) is 6.65. The first-order valence-electron chi connectivity index (χ1n) is 4.31. The summed E-state index contributed by atoms with van der Waals surface area (Å²) in [5.41, 5.74) is 7.05. The Morgan fingerprint density at radius 2 is 2.07 bits per heavy atom. The largest absolute Gasteiger partial charge is 0.465 e. The van der Waals surface area contributed by atoms with Crippen LogP contribution in [0.4, 0.5) is 5.69 Å². The highest BCUT2D eigenvalue weighted by Crippen LogP contribution is 2.24. The van der Waals surface area contributed by atoms with Gasteiger partial charge in [-0.2, -0.15) is 0 Å². The predicted molar refractivity (Wildman–Crippen MR) is 59.2 cm³/mol. The molecular formula is C10H12BrNO2. The van der Waals surface area contributed by atoms with Gasteiger partial charge in [0.15, 0.2) is 0 Å². The molecule has 0 saturated carbocycles. The predicted octanol–water partition coefficient (Wildman–Crippen LogP) is 2.27. The molecule has 2 N–H and O–H groups in total. The molecule has 0 aliphatic heterocycles. The van der Waals surface area contributed by atoms with Crippen LogP contribution in [0.5, 0.6) is 0 Å². The van der Waals surface area contributed by atoms with Crippen molar-refractivity contribution in [1.82, 2.24) is 0 Å². The molecule has 0 fully saturated rings. The Morgan fingerprint density at radius 3 is 2.57 bits per heavy atom. The number of nitrogen functional groups attached to an aromatic ring is 1. The van der Waals surface area contributed by atoms with Crippen LogP contribution >= 0.6 is 15.9 Å². The molecule has 4 heteroatoms. The van der Waals surface area contributed by atoms with Crippen molar-refractivity contribution in [2.24, 2.45) is 0 Å². The molecule has 0 aromatic heterocycles. The summed E-state index contributed by atoms with van der Waals surface area (Å²) in [5.74, 6) is -0.280. The van der Waals surface area contributed by atoms with Crippen LogP contribution in [0.2, 0.25) is 0 Å². The van der Waals surface area contributed by atoms with Crippen molar-refractivity contribution in [2.45, 2.75) is 11.8 Å². The molecular weight excluding hydrogens is 246 g/mol. The fraction of sp³-hybridized carbons (Fsp3) is 0.300. The fourth-order valence-electron chi connectivity index (χ4n) is 1.02. The molecule has 0 bridgehead atoms. The summed E-state index contributed by atoms with van der Waals surface area (Å²) in [6.07, 6.45) is 0. The molecule has 1 aromatic rings. The zero-order chi connectivity index (χ0) is 10.6. The summed E-state index contributed by atoms with van der Waals surface area (Å²) in [6, 6.07) is 7.10. The Bertz CT molecular complexity index is 310. The summed E-state index contributed by atoms with van der Waals surface area (Å²) < 4.78 is 4.87. The Balaban J connectivity index is 2.73. The number of alkyl halides is 1. The Kier molecular flexibility index (Phi) is 3.95. The maximum atomic E-state index is 11.3. The molecule has 0 amide bonds. The van der Waals surface area contributed by atoms with Gasteiger partial charge in [-0.25, -0.2) is 0 Å². The lowest BCUT2D eigenvalue weighted by Crippen LogP contribution is -2.10. The van der Waals surface area contributed by atoms with E-state index in [1.807, 2.05) is 0 Å². The molecule has 76 valence electrons. The fourth-order valence-corrected chi connectivity index (χ4v) is 1.45. The number of benzene rings is 1. The van der Waals surface area contributed by atoms with E-state index in [-0.39, 0.29) is 5.97 Å². The van der Waals surface area contributed by atoms with Gasteiger partial charge in [-0.05, 0) is 24.6 Å². The number of rotatable bonds is 3. The van der Waals surface area contributed by atoms with E-state index >= 15 is 0 Å². The van der Waals surface area contributed by atoms with Gasteiger partial charge in [0.05, 0.1) is 6.61 Å². The van der Waals surface area contributed by atoms with Gasteiger partial charge in [0, 0.05) is 5.69 Å². The van der Waals surface area contributed by atoms with Crippen molar-refractivity contribution in [3.05, 3.63) is 29.8 Å². The summed E-state index contributed by atoms with van der Waals surface area (Å²) >= 11 is 3.26. The van der Waals surface area contributed by atoms with Gasteiger partial charge in [0.2, 0.25) is 0 Å². The minimum Gasteiger partial charge on any atom is -0.465 e. The number of hydrogen-bond acceptors (Lipinski definition) is 3. The zero-order valence-corrected chi connectivity index (χ0v) is 9.45. The van der Waals surface area contributed by atoms with Crippen molar-refractivity contribution < 1.29 is 9.53 Å². The SMILES string of the molecule is CCOC(=O)[C@@H](Br)c1ccc(N)cc1. The number of anilines is 1. The van der Waals surface area contributed by atoms with E-state index in [1.165, 1.54) is 0 Å². The number of esters is 1. The lowest BCUT2D eigenvalue weighted by molar-refractivity contribution is -0.142. The number of carbonyl (C=O) groups excluding carboxylic acids is 1. The molecule has 14 heavy (non-hydrogen) atoms. The monoisotopic (exact) mass is 257 g/mol. The van der Waals surface area contributed by atoms with Crippen LogP contribution in [0, 0.1) is 0 Å². The van der Waals surface area contributed by atoms with Crippen molar-refractivity contribution in [1.29, 1.82) is 0 Å². The first-order valence-corrected chi connectivity index (χ1v) is 5.23. The van der Waals surface area contributed by atoms with E-state index in [1.54, 1.807) is 31.2 Å². The van der Waals surface area contributed by atoms with Gasteiger partial charge in [-0.1, -0.05) is 28.1 Å². The van der Waals surface area contributed by atoms with E-state index in [4.69, 9.17) is 10.5 Å². The molecule has 3 nitrogen and oxygen atoms in total. The van der Waals surface area contributed by atoms with E-state index in [0.29, 0.717) is 12.3 Å². The molecule has 0 saturated heterocycles. The second kappa shape index (κ2) is 5.00. The van der Waals surface area contributed by atoms with E-state index in [9.17, 15) is 4.79 Å². The molecule has 0 aliphatic carbocycles. The van der Waals surface area contributed by atoms with Crippen LogP contribution in [0.1, 0.15) is 17.3 Å². The van der Waals surface area contributed by atoms with Crippen molar-refractivity contribution in [3.8, 4) is 0 Å². The van der Waals surface area contributed by atoms with Gasteiger partial charge < -0.3 is 10.5 Å². The van der Waals surface area contributed by atoms with Crippen LogP contribution in [0.15, 0.2) is 24.3 Å². The minimum atomic E-state index is -0.414. The highest BCUT2D eigenvalue weighted by atomic mass is 79.9. The van der Waals surface area contributed by atoms with E-state index in [2.05, 4.69) is 15.9 Å². The van der Waals surface area contributed by atoms with Gasteiger partial charge in [-0.3, -0.25) is 4.79 Å². The topological polar surface area (TPSA) is 52.3 Å². The standard InChI is InChI=1S/C10H12BrNO2/c1-2-14-10(13)9(11)7-3-5-8(12)6-4-7/h3-6,9H,2,12H2,1H3/t9-/m0/s1. The maximum Gasteiger partial charge on any atom is 0.324 e. The Hall–Kier alpha value is -1.03. The second-order valence-corrected chi connectivity index (χ2v) is 3.70. The minimum absolute atomic E-state index is 0.280. The Morgan fingerprint density at radius 1 is 1.50 bits per heavy atom. The van der Waals surface area contributed by atoms with Gasteiger partial charge in [0.1, 0.15) is 4.83 Å². The van der Waals surface area contributed by atoms with Crippen LogP contribution in [-0.2, 0) is 9.53 Å². The molecule has 1 aromatic carbocycles. The van der Waals surface area contributed by atoms with Crippen LogP contribution in [-0.4, -0.2) is 12.6 Å². The average molecular weight is 258 g/mol. The number of ether oxygens (including phenoxy) is 1. The third-order valence-corrected chi connectivity index (χ3v) is 2.63. The highest BCUT2D eigenvalue weighted by molar-refractivity contribution is 9.09. The summed E-state index contributed by atoms with van der Waals surface area (Å²) in [6.45, 7) is 2.16. The quantitative estimate of drug-likeness (QED) is 0.514. The van der Waals surface area contributed by atoms with Crippen molar-refractivity contribution >= 4 is 27.6 Å². The van der Waals surface area contributed by atoms with Crippen molar-refractivity contribution in [3.63, 3.8) is 0 Å². The molecule has 1 rings (SSSR count). The number of hydrogen-bond donors (Lipinski definition) is 1. The first kappa shape index (κ1) is 11.0. The second-order valence-electron chi connectivity index (χ2n) is 2.78. The van der Waals surface area contributed by atoms with Gasteiger partial charge in [-0.15, -0.1) is 0 Å². The summed E-state index contributed by atoms with van der Waals surface area (Å²) in [5, 5.41) is 0. The van der Waals surface area contributed by atoms with Crippen LogP contribution in [0.25, 0.3) is 0 Å². The van der Waals surface area contributed by atoms with Crippen LogP contribution in [0.3, 0.4) is 0 Å². The smallest absolute Gasteiger partial charge is 0.324 e. The highest BCUT2D eigenvalue weighted by Gasteiger charge is 2.17. The Labute approximate surface area is 91.4 Å². The molecule has 1 atom stereocenters. The molecule has 0 spiro atoms. The number of nitrogens with two attached hydrogens (primary N) is 1. The van der Waals surface area contributed by atoms with Gasteiger partial charge in [0.25, 0.3) is 0 Å². The molecule has 0 unspecified atom stereocenters. The van der Waals surface area contributed by atoms with E-state index in [0.717, 1.165) is 5.56 Å². The lowest BCUT2D eigenvalue weighted by Gasteiger charge is -2.08. The van der Waals surface area contributed by atoms with Crippen LogP contribution < -0.4 is 5.73 Å². The molecule has 0 aliphatic rings. The third-order valence-electron chi connectivity index (χ3n) is 1.72. The van der Waals surface area contributed by atoms with Gasteiger partial charge >= 0.3 is 5.97 Å². The lowest BCUT2D eigenvalue weighted by atomic mass is 10.1. The zero-order valence-electron chi connectivity index (χ0n) is 7.87. The number of carbonyl (C=O) groups is 1.